The molecule has 0 aliphatic rings. The van der Waals surface area contributed by atoms with Crippen molar-refractivity contribution in [2.45, 2.75) is 39.5 Å². The second-order valence-electron chi connectivity index (χ2n) is 4.67. The number of unbranched alkanes of at least 4 members (excludes halogenated alkanes) is 2. The Morgan fingerprint density at radius 1 is 0.917 bits per heavy atom. The number of hydrogen-bond acceptors (Lipinski definition) is 0. The molecule has 0 heterocycles. The van der Waals surface area contributed by atoms with E-state index < -0.39 is 5.31 Å². The third-order valence-corrected chi connectivity index (χ3v) is 7.92. The van der Waals surface area contributed by atoms with Gasteiger partial charge in [-0.1, -0.05) is 0 Å². The molecule has 0 radical (unpaired) electrons. The molecule has 0 unspecified atom stereocenters. The van der Waals surface area contributed by atoms with Crippen molar-refractivity contribution in [1.82, 2.24) is 0 Å². The molecule has 0 aliphatic carbocycles. The third-order valence-electron chi connectivity index (χ3n) is 2.40. The molecule has 0 saturated heterocycles. The molecule has 12 heavy (non-hydrogen) atoms. The molecule has 76 valence electrons. The maximum absolute atomic E-state index is 4.02. The average Bonchev–Trinajstić information content (AvgIpc) is 1.97. The van der Waals surface area contributed by atoms with Crippen molar-refractivity contribution in [1.29, 1.82) is 0 Å². The minimum absolute atomic E-state index is 1.33. The Hall–Kier alpha value is 0.910. The molecule has 0 nitrogen and oxygen atoms in total. The maximum atomic E-state index is 4.02. The number of rotatable bonds is 6. The van der Waals surface area contributed by atoms with E-state index in [1.165, 1.54) is 38.0 Å². The minimum atomic E-state index is -1.39. The molecule has 0 spiro atoms. The van der Waals surface area contributed by atoms with E-state index in [-0.39, 0.29) is 0 Å². The molecule has 0 rings (SSSR count). The van der Waals surface area contributed by atoms with Gasteiger partial charge in [0.15, 0.2) is 0 Å². The summed E-state index contributed by atoms with van der Waals surface area (Å²) < 4.78 is 0. The molecule has 0 aromatic rings. The molecule has 0 bridgehead atoms. The van der Waals surface area contributed by atoms with Gasteiger partial charge in [-0.25, -0.2) is 0 Å². The predicted octanol–water partition coefficient (Wildman–Crippen LogP) is 4.71. The molecule has 0 aromatic carbocycles. The van der Waals surface area contributed by atoms with E-state index in [0.717, 1.165) is 0 Å². The molecule has 0 N–H and O–H groups in total. The van der Waals surface area contributed by atoms with Gasteiger partial charge in [0, 0.05) is 0 Å². The quantitative estimate of drug-likeness (QED) is 0.603. The van der Waals surface area contributed by atoms with Crippen LogP contribution in [0, 0.1) is 0 Å². The number of halogens is 1. The van der Waals surface area contributed by atoms with Crippen LogP contribution in [0.3, 0.4) is 0 Å². The Morgan fingerprint density at radius 3 is 1.50 bits per heavy atom. The van der Waals surface area contributed by atoms with E-state index in [2.05, 4.69) is 42.7 Å². The van der Waals surface area contributed by atoms with Crippen LogP contribution in [0.25, 0.3) is 0 Å². The molecular formula is C10H24BrP. The van der Waals surface area contributed by atoms with Gasteiger partial charge in [0.05, 0.1) is 0 Å². The second-order valence-corrected chi connectivity index (χ2v) is 17.9. The summed E-state index contributed by atoms with van der Waals surface area (Å²) in [7, 11) is 0. The third kappa shape index (κ3) is 6.43. The van der Waals surface area contributed by atoms with Crippen LogP contribution in [-0.2, 0) is 0 Å². The zero-order valence-electron chi connectivity index (χ0n) is 9.07. The van der Waals surface area contributed by atoms with E-state index in [1.807, 2.05) is 0 Å². The zero-order valence-corrected chi connectivity index (χ0v) is 11.5. The summed E-state index contributed by atoms with van der Waals surface area (Å²) in [5.74, 6) is 0. The summed E-state index contributed by atoms with van der Waals surface area (Å²) in [5.41, 5.74) is 0. The summed E-state index contributed by atoms with van der Waals surface area (Å²) >= 11 is 4.02. The summed E-state index contributed by atoms with van der Waals surface area (Å²) in [6, 6.07) is 0. The molecule has 2 heteroatoms. The van der Waals surface area contributed by atoms with Crippen LogP contribution in [0.15, 0.2) is 0 Å². The van der Waals surface area contributed by atoms with E-state index in [4.69, 9.17) is 0 Å². The van der Waals surface area contributed by atoms with Gasteiger partial charge >= 0.3 is 86.0 Å². The average molecular weight is 255 g/mol. The fourth-order valence-corrected chi connectivity index (χ4v) is 5.72. The normalized spacial score (nSPS) is 15.6. The van der Waals surface area contributed by atoms with E-state index in [0.29, 0.717) is 0 Å². The molecule has 0 atom stereocenters. The van der Waals surface area contributed by atoms with Crippen molar-refractivity contribution in [2.24, 2.45) is 0 Å². The summed E-state index contributed by atoms with van der Waals surface area (Å²) in [4.78, 5) is 0. The standard InChI is InChI=1S/C10H24BrP/c1-5-7-9-12(3,4,11)10-8-6-2/h5-10H2,1-4H3. The van der Waals surface area contributed by atoms with Crippen molar-refractivity contribution in [3.8, 4) is 0 Å². The summed E-state index contributed by atoms with van der Waals surface area (Å²) in [5, 5.41) is -1.39. The zero-order chi connectivity index (χ0) is 9.69. The summed E-state index contributed by atoms with van der Waals surface area (Å²) in [6.07, 6.45) is 8.28. The first-order chi connectivity index (χ1) is 5.39. The van der Waals surface area contributed by atoms with Gasteiger partial charge in [-0.2, -0.15) is 0 Å². The fourth-order valence-electron chi connectivity index (χ4n) is 1.40. The van der Waals surface area contributed by atoms with Gasteiger partial charge in [0.2, 0.25) is 0 Å². The van der Waals surface area contributed by atoms with Crippen molar-refractivity contribution in [3.05, 3.63) is 0 Å². The monoisotopic (exact) mass is 254 g/mol. The first-order valence-electron chi connectivity index (χ1n) is 5.11. The van der Waals surface area contributed by atoms with Crippen LogP contribution in [0.4, 0.5) is 0 Å². The van der Waals surface area contributed by atoms with Crippen LogP contribution < -0.4 is 0 Å². The SMILES string of the molecule is CCCCP(C)(C)(Br)CCCC. The first kappa shape index (κ1) is 12.9. The molecule has 0 fully saturated rings. The molecule has 0 amide bonds. The Kier molecular flexibility index (Phi) is 5.33. The van der Waals surface area contributed by atoms with Gasteiger partial charge in [-0.15, -0.1) is 0 Å². The van der Waals surface area contributed by atoms with Crippen LogP contribution in [0.5, 0.6) is 0 Å². The van der Waals surface area contributed by atoms with E-state index in [9.17, 15) is 0 Å². The van der Waals surface area contributed by atoms with Crippen molar-refractivity contribution in [3.63, 3.8) is 0 Å². The van der Waals surface area contributed by atoms with Crippen molar-refractivity contribution >= 4 is 20.8 Å². The Morgan fingerprint density at radius 2 is 1.25 bits per heavy atom. The molecule has 0 aliphatic heterocycles. The topological polar surface area (TPSA) is 0 Å². The molecular weight excluding hydrogens is 231 g/mol. The van der Waals surface area contributed by atoms with Gasteiger partial charge < -0.3 is 0 Å². The van der Waals surface area contributed by atoms with Gasteiger partial charge in [0.25, 0.3) is 0 Å². The second kappa shape index (κ2) is 4.96. The van der Waals surface area contributed by atoms with Crippen LogP contribution in [0.1, 0.15) is 39.5 Å². The van der Waals surface area contributed by atoms with Gasteiger partial charge in [-0.3, -0.25) is 0 Å². The van der Waals surface area contributed by atoms with E-state index in [1.54, 1.807) is 0 Å². The van der Waals surface area contributed by atoms with Crippen LogP contribution in [-0.4, -0.2) is 25.7 Å². The molecule has 0 aromatic heterocycles. The number of hydrogen-bond donors (Lipinski definition) is 0. The summed E-state index contributed by atoms with van der Waals surface area (Å²) in [6.45, 7) is 9.49. The van der Waals surface area contributed by atoms with E-state index >= 15 is 0 Å². The van der Waals surface area contributed by atoms with Gasteiger partial charge in [-0.05, 0) is 0 Å². The molecule has 0 saturated carbocycles. The Balaban J connectivity index is 3.90. The Labute approximate surface area is 86.2 Å². The Bertz CT molecular complexity index is 112. The van der Waals surface area contributed by atoms with Crippen molar-refractivity contribution in [2.75, 3.05) is 25.7 Å². The van der Waals surface area contributed by atoms with Crippen LogP contribution >= 0.6 is 20.8 Å². The van der Waals surface area contributed by atoms with Gasteiger partial charge in [0.1, 0.15) is 0 Å². The first-order valence-corrected chi connectivity index (χ1v) is 10.6. The van der Waals surface area contributed by atoms with Crippen LogP contribution in [0.2, 0.25) is 0 Å². The van der Waals surface area contributed by atoms with Crippen molar-refractivity contribution < 1.29 is 0 Å². The fraction of sp³-hybridized carbons (Fsp3) is 1.00. The predicted molar refractivity (Wildman–Crippen MR) is 67.2 cm³/mol.